The topological polar surface area (TPSA) is 101 Å². The van der Waals surface area contributed by atoms with Crippen LogP contribution in [0.4, 0.5) is 5.69 Å². The van der Waals surface area contributed by atoms with Crippen LogP contribution < -0.4 is 10.0 Å². The molecule has 0 spiro atoms. The number of hydrogen-bond acceptors (Lipinski definition) is 5. The second kappa shape index (κ2) is 8.07. The molecule has 0 aliphatic carbocycles. The standard InChI is InChI=1S/C12H16ClN3O4S.ClH/c13-10-2-1-3-11(16(17)18)12(10)21(19,20)15-7-5-9-4-6-14-8-9;/h1-3,9,14-15H,4-8H2;1H. The molecule has 1 aliphatic heterocycles. The van der Waals surface area contributed by atoms with Crippen LogP contribution in [-0.2, 0) is 10.0 Å². The Kier molecular flexibility index (Phi) is 7.01. The van der Waals surface area contributed by atoms with Crippen molar-refractivity contribution in [1.29, 1.82) is 0 Å². The molecule has 0 aromatic heterocycles. The van der Waals surface area contributed by atoms with Crippen molar-refractivity contribution < 1.29 is 13.3 Å². The molecule has 1 aromatic rings. The van der Waals surface area contributed by atoms with Crippen molar-refractivity contribution in [3.63, 3.8) is 0 Å². The number of benzene rings is 1. The third kappa shape index (κ3) is 4.53. The van der Waals surface area contributed by atoms with Gasteiger partial charge in [-0.25, -0.2) is 13.1 Å². The third-order valence-electron chi connectivity index (χ3n) is 3.42. The zero-order valence-electron chi connectivity index (χ0n) is 11.6. The third-order valence-corrected chi connectivity index (χ3v) is 5.40. The zero-order valence-corrected chi connectivity index (χ0v) is 14.0. The van der Waals surface area contributed by atoms with Gasteiger partial charge in [0.15, 0.2) is 4.90 Å². The van der Waals surface area contributed by atoms with Crippen molar-refractivity contribution in [2.24, 2.45) is 5.92 Å². The summed E-state index contributed by atoms with van der Waals surface area (Å²) in [5.41, 5.74) is -0.516. The summed E-state index contributed by atoms with van der Waals surface area (Å²) in [5.74, 6) is 0.425. The number of halogens is 2. The summed E-state index contributed by atoms with van der Waals surface area (Å²) in [7, 11) is -4.00. The molecule has 7 nitrogen and oxygen atoms in total. The van der Waals surface area contributed by atoms with Crippen LogP contribution in [0, 0.1) is 16.0 Å². The number of nitrogens with zero attached hydrogens (tertiary/aromatic N) is 1. The van der Waals surface area contributed by atoms with E-state index in [1.807, 2.05) is 0 Å². The second-order valence-electron chi connectivity index (χ2n) is 4.89. The van der Waals surface area contributed by atoms with E-state index in [4.69, 9.17) is 11.6 Å². The van der Waals surface area contributed by atoms with Crippen LogP contribution in [0.1, 0.15) is 12.8 Å². The minimum atomic E-state index is -4.00. The Bertz CT molecular complexity index is 633. The molecule has 1 aromatic carbocycles. The summed E-state index contributed by atoms with van der Waals surface area (Å²) in [6.07, 6.45) is 1.69. The number of nitro benzene ring substituents is 1. The summed E-state index contributed by atoms with van der Waals surface area (Å²) in [6.45, 7) is 2.04. The number of nitrogens with one attached hydrogen (secondary N) is 2. The number of hydrogen-bond donors (Lipinski definition) is 2. The smallest absolute Gasteiger partial charge is 0.290 e. The van der Waals surface area contributed by atoms with E-state index in [9.17, 15) is 18.5 Å². The van der Waals surface area contributed by atoms with E-state index in [1.165, 1.54) is 12.1 Å². The van der Waals surface area contributed by atoms with Crippen LogP contribution in [0.3, 0.4) is 0 Å². The monoisotopic (exact) mass is 369 g/mol. The van der Waals surface area contributed by atoms with Crippen LogP contribution in [-0.4, -0.2) is 33.0 Å². The molecular formula is C12H17Cl2N3O4S. The molecule has 1 saturated heterocycles. The Morgan fingerprint density at radius 1 is 1.45 bits per heavy atom. The van der Waals surface area contributed by atoms with E-state index in [1.54, 1.807) is 0 Å². The summed E-state index contributed by atoms with van der Waals surface area (Å²) >= 11 is 5.83. The van der Waals surface area contributed by atoms with Crippen molar-refractivity contribution in [3.8, 4) is 0 Å². The molecule has 0 saturated carbocycles. The number of rotatable bonds is 6. The van der Waals surface area contributed by atoms with Gasteiger partial charge in [-0.3, -0.25) is 10.1 Å². The molecule has 124 valence electrons. The van der Waals surface area contributed by atoms with Crippen LogP contribution >= 0.6 is 24.0 Å². The minimum Gasteiger partial charge on any atom is -0.316 e. The van der Waals surface area contributed by atoms with Crippen molar-refractivity contribution >= 4 is 39.7 Å². The van der Waals surface area contributed by atoms with Gasteiger partial charge in [0.2, 0.25) is 10.0 Å². The summed E-state index contributed by atoms with van der Waals surface area (Å²) in [6, 6.07) is 3.80. The first-order chi connectivity index (χ1) is 9.92. The van der Waals surface area contributed by atoms with E-state index >= 15 is 0 Å². The van der Waals surface area contributed by atoms with Crippen molar-refractivity contribution in [2.75, 3.05) is 19.6 Å². The van der Waals surface area contributed by atoms with Gasteiger partial charge in [-0.15, -0.1) is 12.4 Å². The fourth-order valence-electron chi connectivity index (χ4n) is 2.34. The van der Waals surface area contributed by atoms with Crippen molar-refractivity contribution in [3.05, 3.63) is 33.3 Å². The van der Waals surface area contributed by atoms with Gasteiger partial charge >= 0.3 is 0 Å². The van der Waals surface area contributed by atoms with Gasteiger partial charge in [0.1, 0.15) is 0 Å². The maximum Gasteiger partial charge on any atom is 0.290 e. The van der Waals surface area contributed by atoms with E-state index < -0.39 is 25.5 Å². The molecule has 0 radical (unpaired) electrons. The van der Waals surface area contributed by atoms with E-state index in [2.05, 4.69) is 10.0 Å². The largest absolute Gasteiger partial charge is 0.316 e. The summed E-state index contributed by atoms with van der Waals surface area (Å²) in [4.78, 5) is 9.73. The first kappa shape index (κ1) is 19.1. The second-order valence-corrected chi connectivity index (χ2v) is 7.00. The van der Waals surface area contributed by atoms with Gasteiger partial charge in [0, 0.05) is 12.6 Å². The fourth-order valence-corrected chi connectivity index (χ4v) is 4.09. The maximum atomic E-state index is 12.2. The first-order valence-corrected chi connectivity index (χ1v) is 8.41. The van der Waals surface area contributed by atoms with E-state index in [0.29, 0.717) is 12.3 Å². The van der Waals surface area contributed by atoms with Gasteiger partial charge in [0.25, 0.3) is 5.69 Å². The highest BCUT2D eigenvalue weighted by Gasteiger charge is 2.28. The van der Waals surface area contributed by atoms with Gasteiger partial charge in [-0.05, 0) is 37.9 Å². The Balaban J connectivity index is 0.00000242. The highest BCUT2D eigenvalue weighted by Crippen LogP contribution is 2.30. The molecular weight excluding hydrogens is 353 g/mol. The molecule has 1 heterocycles. The van der Waals surface area contributed by atoms with Crippen LogP contribution in [0.15, 0.2) is 23.1 Å². The average Bonchev–Trinajstić information content (AvgIpc) is 2.91. The first-order valence-electron chi connectivity index (χ1n) is 6.55. The quantitative estimate of drug-likeness (QED) is 0.589. The summed E-state index contributed by atoms with van der Waals surface area (Å²) < 4.78 is 26.9. The zero-order chi connectivity index (χ0) is 15.5. The average molecular weight is 370 g/mol. The molecule has 10 heteroatoms. The molecule has 0 bridgehead atoms. The lowest BCUT2D eigenvalue weighted by molar-refractivity contribution is -0.387. The van der Waals surface area contributed by atoms with Crippen LogP contribution in [0.25, 0.3) is 0 Å². The van der Waals surface area contributed by atoms with Gasteiger partial charge < -0.3 is 5.32 Å². The van der Waals surface area contributed by atoms with E-state index in [-0.39, 0.29) is 24.0 Å². The Labute approximate surface area is 140 Å². The lowest BCUT2D eigenvalue weighted by Gasteiger charge is -2.11. The van der Waals surface area contributed by atoms with Crippen LogP contribution in [0.5, 0.6) is 0 Å². The van der Waals surface area contributed by atoms with Crippen molar-refractivity contribution in [1.82, 2.24) is 10.0 Å². The molecule has 1 fully saturated rings. The maximum absolute atomic E-state index is 12.2. The number of sulfonamides is 1. The van der Waals surface area contributed by atoms with Crippen molar-refractivity contribution in [2.45, 2.75) is 17.7 Å². The predicted octanol–water partition coefficient (Wildman–Crippen LogP) is 1.95. The Hall–Kier alpha value is -0.930. The molecule has 22 heavy (non-hydrogen) atoms. The molecule has 2 rings (SSSR count). The Morgan fingerprint density at radius 2 is 2.18 bits per heavy atom. The molecule has 2 N–H and O–H groups in total. The van der Waals surface area contributed by atoms with E-state index in [0.717, 1.165) is 25.6 Å². The normalized spacial score (nSPS) is 18.0. The van der Waals surface area contributed by atoms with Crippen LogP contribution in [0.2, 0.25) is 5.02 Å². The minimum absolute atomic E-state index is 0. The van der Waals surface area contributed by atoms with Gasteiger partial charge in [0.05, 0.1) is 9.95 Å². The molecule has 1 aliphatic rings. The lowest BCUT2D eigenvalue weighted by Crippen LogP contribution is -2.27. The number of nitro groups is 1. The molecule has 0 amide bonds. The van der Waals surface area contributed by atoms with Gasteiger partial charge in [-0.2, -0.15) is 0 Å². The Morgan fingerprint density at radius 3 is 2.77 bits per heavy atom. The molecule has 1 unspecified atom stereocenters. The van der Waals surface area contributed by atoms with Gasteiger partial charge in [-0.1, -0.05) is 17.7 Å². The summed E-state index contributed by atoms with van der Waals surface area (Å²) in [5, 5.41) is 14.0. The predicted molar refractivity (Wildman–Crippen MR) is 86.1 cm³/mol. The fraction of sp³-hybridized carbons (Fsp3) is 0.500. The molecule has 1 atom stereocenters. The highest BCUT2D eigenvalue weighted by atomic mass is 35.5. The SMILES string of the molecule is Cl.O=[N+]([O-])c1cccc(Cl)c1S(=O)(=O)NCCC1CCNC1. The highest BCUT2D eigenvalue weighted by molar-refractivity contribution is 7.89. The lowest BCUT2D eigenvalue weighted by atomic mass is 10.1.